The van der Waals surface area contributed by atoms with Gasteiger partial charge in [0.2, 0.25) is 0 Å². The van der Waals surface area contributed by atoms with E-state index in [2.05, 4.69) is 31.4 Å². The third kappa shape index (κ3) is 10.6. The van der Waals surface area contributed by atoms with E-state index < -0.39 is 0 Å². The Morgan fingerprint density at radius 3 is 2.03 bits per heavy atom. The molecule has 7 heteroatoms. The second-order valence-corrected chi connectivity index (χ2v) is 10.1. The van der Waals surface area contributed by atoms with Gasteiger partial charge in [0, 0.05) is 0 Å². The van der Waals surface area contributed by atoms with Gasteiger partial charge in [-0.3, -0.25) is 15.0 Å². The minimum atomic E-state index is -0.238. The van der Waals surface area contributed by atoms with E-state index in [0.29, 0.717) is 27.8 Å². The molecular weight excluding hydrogens is 448 g/mol. The molecule has 0 radical (unpaired) electrons. The summed E-state index contributed by atoms with van der Waals surface area (Å²) < 4.78 is 1.88. The molecule has 0 aliphatic rings. The highest BCUT2D eigenvalue weighted by Crippen LogP contribution is 2.13. The Balaban J connectivity index is 0.00000578. The molecule has 1 aromatic heterocycles. The van der Waals surface area contributed by atoms with Crippen molar-refractivity contribution in [1.82, 2.24) is 9.66 Å². The van der Waals surface area contributed by atoms with Gasteiger partial charge in [0.05, 0.1) is 31.5 Å². The highest BCUT2D eigenvalue weighted by Gasteiger charge is 2.21. The Hall–Kier alpha value is -1.92. The van der Waals surface area contributed by atoms with Crippen LogP contribution in [0.15, 0.2) is 29.1 Å². The molecule has 2 aromatic rings. The van der Waals surface area contributed by atoms with E-state index in [1.165, 1.54) is 75.3 Å². The van der Waals surface area contributed by atoms with Gasteiger partial charge >= 0.3 is 0 Å². The number of benzene rings is 1. The van der Waals surface area contributed by atoms with Crippen LogP contribution in [-0.4, -0.2) is 47.2 Å². The summed E-state index contributed by atoms with van der Waals surface area (Å²) in [5.41, 5.74) is 3.17. The first-order valence-electron chi connectivity index (χ1n) is 12.9. The number of rotatable bonds is 16. The third-order valence-corrected chi connectivity index (χ3v) is 6.37. The largest absolute Gasteiger partial charge is 1.00 e. The lowest BCUT2D eigenvalue weighted by Gasteiger charge is -2.29. The molecule has 0 fully saturated rings. The van der Waals surface area contributed by atoms with Gasteiger partial charge in [-0.25, -0.2) is 9.66 Å². The van der Waals surface area contributed by atoms with Gasteiger partial charge in [0.15, 0.2) is 6.54 Å². The SMILES string of the molecule is CCCCCCCCCCCCCC[N+](C)(C)CC(=O)Nn1c(C)nc2ccccc2c1=O.[Cl-]. The second kappa shape index (κ2) is 15.9. The Labute approximate surface area is 212 Å². The van der Waals surface area contributed by atoms with Crippen molar-refractivity contribution in [3.63, 3.8) is 0 Å². The van der Waals surface area contributed by atoms with Crippen LogP contribution in [0.25, 0.3) is 10.9 Å². The number of likely N-dealkylation sites (N-methyl/N-ethyl adjacent to an activating group) is 1. The van der Waals surface area contributed by atoms with Gasteiger partial charge in [0.25, 0.3) is 11.5 Å². The highest BCUT2D eigenvalue weighted by atomic mass is 35.5. The predicted octanol–water partition coefficient (Wildman–Crippen LogP) is 2.56. The summed E-state index contributed by atoms with van der Waals surface area (Å²) in [6.07, 6.45) is 15.9. The van der Waals surface area contributed by atoms with Crippen LogP contribution in [0.2, 0.25) is 0 Å². The molecule has 1 heterocycles. The normalized spacial score (nSPS) is 11.4. The zero-order valence-corrected chi connectivity index (χ0v) is 22.5. The molecule has 0 aliphatic heterocycles. The van der Waals surface area contributed by atoms with E-state index in [1.807, 2.05) is 18.2 Å². The summed E-state index contributed by atoms with van der Waals surface area (Å²) in [7, 11) is 4.15. The average Bonchev–Trinajstić information content (AvgIpc) is 2.77. The highest BCUT2D eigenvalue weighted by molar-refractivity contribution is 5.85. The van der Waals surface area contributed by atoms with E-state index in [1.54, 1.807) is 13.0 Å². The zero-order valence-electron chi connectivity index (χ0n) is 21.7. The number of carbonyl (C=O) groups excluding carboxylic acids is 1. The van der Waals surface area contributed by atoms with Crippen molar-refractivity contribution >= 4 is 16.8 Å². The number of para-hydroxylation sites is 1. The maximum Gasteiger partial charge on any atom is 0.294 e. The molecule has 2 rings (SSSR count). The maximum absolute atomic E-state index is 12.8. The first kappa shape index (κ1) is 30.1. The smallest absolute Gasteiger partial charge is 0.294 e. The first-order chi connectivity index (χ1) is 15.8. The number of carbonyl (C=O) groups is 1. The van der Waals surface area contributed by atoms with Crippen molar-refractivity contribution in [2.45, 2.75) is 90.9 Å². The molecule has 0 unspecified atom stereocenters. The minimum Gasteiger partial charge on any atom is -1.00 e. The van der Waals surface area contributed by atoms with Crippen molar-refractivity contribution in [3.8, 4) is 0 Å². The molecular formula is C27H45ClN4O2. The number of fused-ring (bicyclic) bond motifs is 1. The molecule has 34 heavy (non-hydrogen) atoms. The molecule has 0 bridgehead atoms. The Bertz CT molecular complexity index is 926. The number of nitrogens with one attached hydrogen (secondary N) is 1. The van der Waals surface area contributed by atoms with Gasteiger partial charge < -0.3 is 16.9 Å². The maximum atomic E-state index is 12.8. The quantitative estimate of drug-likeness (QED) is 0.289. The summed E-state index contributed by atoms with van der Waals surface area (Å²) in [4.78, 5) is 29.9. The van der Waals surface area contributed by atoms with Crippen molar-refractivity contribution in [3.05, 3.63) is 40.4 Å². The third-order valence-electron chi connectivity index (χ3n) is 6.37. The molecule has 0 atom stereocenters. The number of halogens is 1. The van der Waals surface area contributed by atoms with Crippen molar-refractivity contribution in [2.24, 2.45) is 0 Å². The lowest BCUT2D eigenvalue weighted by Crippen LogP contribution is -3.00. The number of quaternary nitrogens is 1. The first-order valence-corrected chi connectivity index (χ1v) is 12.9. The van der Waals surface area contributed by atoms with Crippen LogP contribution >= 0.6 is 0 Å². The van der Waals surface area contributed by atoms with E-state index >= 15 is 0 Å². The molecule has 1 aromatic carbocycles. The fraction of sp³-hybridized carbons (Fsp3) is 0.667. The average molecular weight is 493 g/mol. The molecule has 0 aliphatic carbocycles. The number of hydrogen-bond donors (Lipinski definition) is 1. The van der Waals surface area contributed by atoms with E-state index in [0.717, 1.165) is 13.0 Å². The number of aryl methyl sites for hydroxylation is 1. The van der Waals surface area contributed by atoms with Crippen LogP contribution in [-0.2, 0) is 4.79 Å². The van der Waals surface area contributed by atoms with Gasteiger partial charge in [0.1, 0.15) is 5.82 Å². The summed E-state index contributed by atoms with van der Waals surface area (Å²) in [6, 6.07) is 7.21. The fourth-order valence-corrected chi connectivity index (χ4v) is 4.38. The molecule has 1 N–H and O–H groups in total. The Kier molecular flexibility index (Phi) is 14.1. The Morgan fingerprint density at radius 2 is 1.44 bits per heavy atom. The number of aromatic nitrogens is 2. The fourth-order valence-electron chi connectivity index (χ4n) is 4.38. The van der Waals surface area contributed by atoms with Gasteiger partial charge in [-0.15, -0.1) is 0 Å². The molecule has 0 saturated carbocycles. The predicted molar refractivity (Wildman–Crippen MR) is 138 cm³/mol. The topological polar surface area (TPSA) is 64.0 Å². The summed E-state index contributed by atoms with van der Waals surface area (Å²) in [6.45, 7) is 5.29. The van der Waals surface area contributed by atoms with E-state index in [-0.39, 0.29) is 23.9 Å². The molecule has 192 valence electrons. The van der Waals surface area contributed by atoms with Crippen molar-refractivity contribution < 1.29 is 21.7 Å². The summed E-state index contributed by atoms with van der Waals surface area (Å²) in [5.74, 6) is 0.319. The number of unbranched alkanes of at least 4 members (excludes halogenated alkanes) is 11. The number of hydrogen-bond acceptors (Lipinski definition) is 3. The van der Waals surface area contributed by atoms with Crippen LogP contribution in [0.5, 0.6) is 0 Å². The molecule has 0 saturated heterocycles. The molecule has 6 nitrogen and oxygen atoms in total. The molecule has 0 spiro atoms. The van der Waals surface area contributed by atoms with Crippen LogP contribution < -0.4 is 23.4 Å². The van der Waals surface area contributed by atoms with Crippen molar-refractivity contribution in [1.29, 1.82) is 0 Å². The number of amides is 1. The lowest BCUT2D eigenvalue weighted by molar-refractivity contribution is -0.882. The van der Waals surface area contributed by atoms with Crippen LogP contribution in [0, 0.1) is 6.92 Å². The van der Waals surface area contributed by atoms with Crippen LogP contribution in [0.3, 0.4) is 0 Å². The van der Waals surface area contributed by atoms with Crippen molar-refractivity contribution in [2.75, 3.05) is 32.6 Å². The minimum absolute atomic E-state index is 0. The van der Waals surface area contributed by atoms with E-state index in [4.69, 9.17) is 0 Å². The molecule has 1 amide bonds. The summed E-state index contributed by atoms with van der Waals surface area (Å²) in [5, 5.41) is 0.508. The van der Waals surface area contributed by atoms with Crippen LogP contribution in [0.1, 0.15) is 89.8 Å². The van der Waals surface area contributed by atoms with E-state index in [9.17, 15) is 9.59 Å². The van der Waals surface area contributed by atoms with Gasteiger partial charge in [-0.05, 0) is 31.9 Å². The van der Waals surface area contributed by atoms with Gasteiger partial charge in [-0.1, -0.05) is 83.3 Å². The number of nitrogens with zero attached hydrogens (tertiary/aromatic N) is 3. The second-order valence-electron chi connectivity index (χ2n) is 10.1. The summed E-state index contributed by atoms with van der Waals surface area (Å²) >= 11 is 0. The zero-order chi connectivity index (χ0) is 24.1. The van der Waals surface area contributed by atoms with Gasteiger partial charge in [-0.2, -0.15) is 0 Å². The standard InChI is InChI=1S/C27H44N4O2.ClH/c1-5-6-7-8-9-10-11-12-13-14-15-18-21-31(3,4)22-26(32)29-30-23(2)28-25-20-17-16-19-24(25)27(30)33;/h16-17,19-20H,5-15,18,21-22H2,1-4H3;1H. The monoisotopic (exact) mass is 492 g/mol. The van der Waals surface area contributed by atoms with Crippen LogP contribution in [0.4, 0.5) is 0 Å². The Morgan fingerprint density at radius 1 is 0.912 bits per heavy atom. The lowest BCUT2D eigenvalue weighted by atomic mass is 10.1.